The summed E-state index contributed by atoms with van der Waals surface area (Å²) in [5, 5.41) is 18.2. The largest absolute Gasteiger partial charge is 0.505 e. The van der Waals surface area contributed by atoms with Gasteiger partial charge in [-0.15, -0.1) is 0 Å². The number of esters is 1. The first kappa shape index (κ1) is 12.4. The first-order valence-corrected chi connectivity index (χ1v) is 4.50. The van der Waals surface area contributed by atoms with E-state index in [1.807, 2.05) is 0 Å². The molecule has 16 heavy (non-hydrogen) atoms. The number of ether oxygens (including phenoxy) is 1. The van der Waals surface area contributed by atoms with E-state index in [1.165, 1.54) is 6.92 Å². The van der Waals surface area contributed by atoms with Gasteiger partial charge in [0.15, 0.2) is 17.7 Å². The van der Waals surface area contributed by atoms with Crippen molar-refractivity contribution in [3.63, 3.8) is 0 Å². The first-order chi connectivity index (χ1) is 7.49. The molecule has 1 aromatic carbocycles. The number of phenols is 1. The maximum absolute atomic E-state index is 13.2. The van der Waals surface area contributed by atoms with Crippen molar-refractivity contribution >= 4 is 5.97 Å². The minimum Gasteiger partial charge on any atom is -0.505 e. The number of phenolic OH excluding ortho intramolecular Hbond substituents is 1. The van der Waals surface area contributed by atoms with Crippen molar-refractivity contribution in [1.29, 1.82) is 0 Å². The van der Waals surface area contributed by atoms with E-state index in [2.05, 4.69) is 4.74 Å². The third-order valence-electron chi connectivity index (χ3n) is 1.90. The highest BCUT2D eigenvalue weighted by molar-refractivity contribution is 5.76. The molecule has 0 amide bonds. The molecule has 0 heterocycles. The van der Waals surface area contributed by atoms with Crippen molar-refractivity contribution in [2.45, 2.75) is 13.0 Å². The van der Waals surface area contributed by atoms with Crippen LogP contribution in [0.5, 0.6) is 5.75 Å². The Morgan fingerprint density at radius 3 is 2.62 bits per heavy atom. The van der Waals surface area contributed by atoms with Crippen LogP contribution in [0.3, 0.4) is 0 Å². The van der Waals surface area contributed by atoms with E-state index in [4.69, 9.17) is 5.11 Å². The summed E-state index contributed by atoms with van der Waals surface area (Å²) in [6.07, 6.45) is -1.91. The Morgan fingerprint density at radius 2 is 2.06 bits per heavy atom. The van der Waals surface area contributed by atoms with E-state index in [9.17, 15) is 18.7 Å². The van der Waals surface area contributed by atoms with Gasteiger partial charge in [-0.05, 0) is 19.1 Å². The van der Waals surface area contributed by atoms with Gasteiger partial charge in [0.2, 0.25) is 5.82 Å². The number of carbonyl (C=O) groups is 1. The summed E-state index contributed by atoms with van der Waals surface area (Å²) >= 11 is 0. The molecular formula is C10H10F2O4. The summed E-state index contributed by atoms with van der Waals surface area (Å²) < 4.78 is 30.6. The smallest absolute Gasteiger partial charge is 0.339 e. The minimum absolute atomic E-state index is 0.0120. The first-order valence-electron chi connectivity index (χ1n) is 4.50. The van der Waals surface area contributed by atoms with Gasteiger partial charge in [-0.3, -0.25) is 0 Å². The van der Waals surface area contributed by atoms with Crippen LogP contribution in [0.2, 0.25) is 0 Å². The number of hydrogen-bond acceptors (Lipinski definition) is 4. The molecule has 0 fully saturated rings. The summed E-state index contributed by atoms with van der Waals surface area (Å²) in [7, 11) is 0. The predicted octanol–water partition coefficient (Wildman–Crippen LogP) is 1.27. The van der Waals surface area contributed by atoms with Gasteiger partial charge in [0.05, 0.1) is 6.61 Å². The van der Waals surface area contributed by atoms with Crippen molar-refractivity contribution in [1.82, 2.24) is 0 Å². The number of benzene rings is 1. The molecule has 1 aromatic rings. The van der Waals surface area contributed by atoms with Crippen molar-refractivity contribution in [2.24, 2.45) is 0 Å². The van der Waals surface area contributed by atoms with Crippen LogP contribution in [-0.4, -0.2) is 22.8 Å². The average Bonchev–Trinajstić information content (AvgIpc) is 2.26. The minimum atomic E-state index is -1.91. The second-order valence-electron chi connectivity index (χ2n) is 2.96. The predicted molar refractivity (Wildman–Crippen MR) is 49.6 cm³/mol. The summed E-state index contributed by atoms with van der Waals surface area (Å²) in [4.78, 5) is 11.1. The second-order valence-corrected chi connectivity index (χ2v) is 2.96. The van der Waals surface area contributed by atoms with E-state index >= 15 is 0 Å². The van der Waals surface area contributed by atoms with Crippen molar-refractivity contribution < 1.29 is 28.5 Å². The van der Waals surface area contributed by atoms with Gasteiger partial charge in [0, 0.05) is 5.56 Å². The Labute approximate surface area is 90.1 Å². The highest BCUT2D eigenvalue weighted by atomic mass is 19.2. The lowest BCUT2D eigenvalue weighted by Gasteiger charge is -2.11. The lowest BCUT2D eigenvalue weighted by Crippen LogP contribution is -2.17. The molecule has 4 nitrogen and oxygen atoms in total. The molecule has 0 spiro atoms. The zero-order valence-electron chi connectivity index (χ0n) is 8.41. The van der Waals surface area contributed by atoms with Gasteiger partial charge in [0.1, 0.15) is 0 Å². The molecule has 2 N–H and O–H groups in total. The third-order valence-corrected chi connectivity index (χ3v) is 1.90. The number of aromatic hydroxyl groups is 1. The number of halogens is 2. The van der Waals surface area contributed by atoms with Crippen LogP contribution in [0, 0.1) is 11.6 Å². The Balaban J connectivity index is 3.05. The fourth-order valence-corrected chi connectivity index (χ4v) is 1.11. The fraction of sp³-hybridized carbons (Fsp3) is 0.300. The molecular weight excluding hydrogens is 222 g/mol. The summed E-state index contributed by atoms with van der Waals surface area (Å²) in [6, 6.07) is 1.76. The zero-order valence-corrected chi connectivity index (χ0v) is 8.41. The zero-order chi connectivity index (χ0) is 12.3. The Hall–Kier alpha value is -1.69. The lowest BCUT2D eigenvalue weighted by molar-refractivity contribution is -0.153. The van der Waals surface area contributed by atoms with Crippen LogP contribution in [0.4, 0.5) is 8.78 Å². The number of aliphatic hydroxyl groups excluding tert-OH is 1. The molecule has 0 aromatic heterocycles. The van der Waals surface area contributed by atoms with E-state index in [-0.39, 0.29) is 6.61 Å². The maximum atomic E-state index is 13.2. The molecule has 0 aliphatic rings. The SMILES string of the molecule is CCOC(=O)C(O)c1ccc(O)c(F)c1F. The van der Waals surface area contributed by atoms with Crippen LogP contribution >= 0.6 is 0 Å². The van der Waals surface area contributed by atoms with Gasteiger partial charge in [0.25, 0.3) is 0 Å². The Kier molecular flexibility index (Phi) is 3.78. The number of carbonyl (C=O) groups excluding carboxylic acids is 1. The maximum Gasteiger partial charge on any atom is 0.339 e. The average molecular weight is 232 g/mol. The van der Waals surface area contributed by atoms with Crippen molar-refractivity contribution in [2.75, 3.05) is 6.61 Å². The van der Waals surface area contributed by atoms with Crippen LogP contribution in [-0.2, 0) is 9.53 Å². The second kappa shape index (κ2) is 4.89. The van der Waals surface area contributed by atoms with Crippen LogP contribution in [0.25, 0.3) is 0 Å². The molecule has 6 heteroatoms. The fourth-order valence-electron chi connectivity index (χ4n) is 1.11. The molecule has 0 radical (unpaired) electrons. The highest BCUT2D eigenvalue weighted by Gasteiger charge is 2.25. The van der Waals surface area contributed by atoms with E-state index in [0.717, 1.165) is 12.1 Å². The third kappa shape index (κ3) is 2.27. The Bertz CT molecular complexity index is 406. The lowest BCUT2D eigenvalue weighted by atomic mass is 10.1. The molecule has 0 aliphatic carbocycles. The number of rotatable bonds is 3. The van der Waals surface area contributed by atoms with Crippen molar-refractivity contribution in [3.8, 4) is 5.75 Å². The quantitative estimate of drug-likeness (QED) is 0.770. The van der Waals surface area contributed by atoms with Crippen LogP contribution < -0.4 is 0 Å². The van der Waals surface area contributed by atoms with Gasteiger partial charge >= 0.3 is 5.97 Å². The molecule has 1 rings (SSSR count). The molecule has 0 saturated carbocycles. The molecule has 0 aliphatic heterocycles. The molecule has 1 atom stereocenters. The normalized spacial score (nSPS) is 12.2. The number of hydrogen-bond donors (Lipinski definition) is 2. The van der Waals surface area contributed by atoms with Crippen LogP contribution in [0.15, 0.2) is 12.1 Å². The van der Waals surface area contributed by atoms with Gasteiger partial charge in [-0.1, -0.05) is 0 Å². The van der Waals surface area contributed by atoms with E-state index in [1.54, 1.807) is 0 Å². The molecule has 0 saturated heterocycles. The summed E-state index contributed by atoms with van der Waals surface area (Å²) in [5.41, 5.74) is -0.575. The van der Waals surface area contributed by atoms with Crippen LogP contribution in [0.1, 0.15) is 18.6 Å². The van der Waals surface area contributed by atoms with E-state index in [0.29, 0.717) is 0 Å². The molecule has 88 valence electrons. The highest BCUT2D eigenvalue weighted by Crippen LogP contribution is 2.26. The Morgan fingerprint density at radius 1 is 1.44 bits per heavy atom. The van der Waals surface area contributed by atoms with Gasteiger partial charge in [-0.2, -0.15) is 4.39 Å². The summed E-state index contributed by atoms with van der Waals surface area (Å²) in [6.45, 7) is 1.52. The topological polar surface area (TPSA) is 66.8 Å². The molecule has 0 bridgehead atoms. The van der Waals surface area contributed by atoms with E-state index < -0.39 is 35.0 Å². The standard InChI is InChI=1S/C10H10F2O4/c1-2-16-10(15)9(14)5-3-4-6(13)8(12)7(5)11/h3-4,9,13-14H,2H2,1H3. The monoisotopic (exact) mass is 232 g/mol. The van der Waals surface area contributed by atoms with Crippen molar-refractivity contribution in [3.05, 3.63) is 29.3 Å². The number of aliphatic hydroxyl groups is 1. The summed E-state index contributed by atoms with van der Waals surface area (Å²) in [5.74, 6) is -4.95. The van der Waals surface area contributed by atoms with Gasteiger partial charge in [-0.25, -0.2) is 9.18 Å². The van der Waals surface area contributed by atoms with Gasteiger partial charge < -0.3 is 14.9 Å². The molecule has 1 unspecified atom stereocenters.